The van der Waals surface area contributed by atoms with E-state index in [2.05, 4.69) is 21.0 Å². The molecule has 0 spiro atoms. The van der Waals surface area contributed by atoms with Crippen LogP contribution in [0.5, 0.6) is 0 Å². The SMILES string of the molecule is Cc1ccc2oc(C(=O)O[C@@H](C)[C@H](C)C[NH+](C)C)cc2c1. The minimum Gasteiger partial charge on any atom is -0.456 e. The number of furan rings is 1. The average Bonchev–Trinajstić information content (AvgIpc) is 2.80. The Morgan fingerprint density at radius 3 is 2.67 bits per heavy atom. The van der Waals surface area contributed by atoms with Crippen molar-refractivity contribution in [2.24, 2.45) is 5.92 Å². The second kappa shape index (κ2) is 6.31. The van der Waals surface area contributed by atoms with Crippen molar-refractivity contribution in [1.29, 1.82) is 0 Å². The zero-order valence-corrected chi connectivity index (χ0v) is 13.4. The van der Waals surface area contributed by atoms with E-state index in [1.54, 1.807) is 6.07 Å². The van der Waals surface area contributed by atoms with Gasteiger partial charge in [0.1, 0.15) is 11.7 Å². The van der Waals surface area contributed by atoms with Crippen LogP contribution in [0.2, 0.25) is 0 Å². The molecular weight excluding hydrogens is 266 g/mol. The number of ether oxygens (including phenoxy) is 1. The summed E-state index contributed by atoms with van der Waals surface area (Å²) in [5.74, 6) is 0.175. The monoisotopic (exact) mass is 290 g/mol. The number of hydrogen-bond donors (Lipinski definition) is 1. The van der Waals surface area contributed by atoms with Crippen molar-refractivity contribution in [2.45, 2.75) is 26.9 Å². The van der Waals surface area contributed by atoms with Crippen LogP contribution in [0.3, 0.4) is 0 Å². The predicted octanol–water partition coefficient (Wildman–Crippen LogP) is 2.07. The first-order valence-corrected chi connectivity index (χ1v) is 7.37. The van der Waals surface area contributed by atoms with E-state index in [1.165, 1.54) is 4.90 Å². The van der Waals surface area contributed by atoms with Gasteiger partial charge in [-0.05, 0) is 32.0 Å². The summed E-state index contributed by atoms with van der Waals surface area (Å²) in [5, 5.41) is 0.931. The molecule has 4 nitrogen and oxygen atoms in total. The summed E-state index contributed by atoms with van der Waals surface area (Å²) in [6.07, 6.45) is -0.137. The molecule has 0 aliphatic carbocycles. The molecule has 114 valence electrons. The van der Waals surface area contributed by atoms with Crippen molar-refractivity contribution in [3.63, 3.8) is 0 Å². The highest BCUT2D eigenvalue weighted by atomic mass is 16.6. The highest BCUT2D eigenvalue weighted by Crippen LogP contribution is 2.22. The Hall–Kier alpha value is -1.81. The van der Waals surface area contributed by atoms with E-state index in [-0.39, 0.29) is 11.9 Å². The summed E-state index contributed by atoms with van der Waals surface area (Å²) in [6.45, 7) is 6.98. The fourth-order valence-corrected chi connectivity index (χ4v) is 2.42. The molecule has 0 amide bonds. The highest BCUT2D eigenvalue weighted by molar-refractivity contribution is 5.92. The summed E-state index contributed by atoms with van der Waals surface area (Å²) < 4.78 is 11.1. The second-order valence-corrected chi connectivity index (χ2v) is 6.15. The lowest BCUT2D eigenvalue weighted by Crippen LogP contribution is -3.06. The molecule has 0 saturated heterocycles. The zero-order valence-electron chi connectivity index (χ0n) is 13.4. The Balaban J connectivity index is 2.08. The summed E-state index contributed by atoms with van der Waals surface area (Å²) >= 11 is 0. The molecule has 2 aromatic rings. The van der Waals surface area contributed by atoms with Crippen LogP contribution in [-0.4, -0.2) is 32.7 Å². The molecule has 4 heteroatoms. The number of quaternary nitrogens is 1. The third-order valence-electron chi connectivity index (χ3n) is 3.70. The minimum atomic E-state index is -0.392. The van der Waals surface area contributed by atoms with Crippen molar-refractivity contribution in [1.82, 2.24) is 0 Å². The van der Waals surface area contributed by atoms with Crippen LogP contribution in [0.15, 0.2) is 28.7 Å². The van der Waals surface area contributed by atoms with Crippen molar-refractivity contribution in [2.75, 3.05) is 20.6 Å². The number of benzene rings is 1. The molecule has 0 bridgehead atoms. The van der Waals surface area contributed by atoms with E-state index >= 15 is 0 Å². The molecule has 2 atom stereocenters. The third-order valence-corrected chi connectivity index (χ3v) is 3.70. The molecule has 1 N–H and O–H groups in total. The van der Waals surface area contributed by atoms with E-state index in [9.17, 15) is 4.79 Å². The predicted molar refractivity (Wildman–Crippen MR) is 82.7 cm³/mol. The first-order valence-electron chi connectivity index (χ1n) is 7.37. The maximum Gasteiger partial charge on any atom is 0.374 e. The molecular formula is C17H24NO3+. The lowest BCUT2D eigenvalue weighted by atomic mass is 10.1. The molecule has 0 unspecified atom stereocenters. The lowest BCUT2D eigenvalue weighted by Gasteiger charge is -2.21. The van der Waals surface area contributed by atoms with Gasteiger partial charge in [-0.25, -0.2) is 4.79 Å². The fourth-order valence-electron chi connectivity index (χ4n) is 2.42. The van der Waals surface area contributed by atoms with Gasteiger partial charge in [-0.1, -0.05) is 18.6 Å². The third kappa shape index (κ3) is 3.85. The molecule has 0 aliphatic heterocycles. The first kappa shape index (κ1) is 15.6. The van der Waals surface area contributed by atoms with Crippen LogP contribution < -0.4 is 4.90 Å². The van der Waals surface area contributed by atoms with Gasteiger partial charge < -0.3 is 14.1 Å². The topological polar surface area (TPSA) is 43.9 Å². The Kier molecular flexibility index (Phi) is 4.68. The Morgan fingerprint density at radius 2 is 2.00 bits per heavy atom. The zero-order chi connectivity index (χ0) is 15.6. The van der Waals surface area contributed by atoms with Crippen LogP contribution in [0.4, 0.5) is 0 Å². The van der Waals surface area contributed by atoms with Crippen molar-refractivity contribution >= 4 is 16.9 Å². The van der Waals surface area contributed by atoms with Gasteiger partial charge in [-0.15, -0.1) is 0 Å². The lowest BCUT2D eigenvalue weighted by molar-refractivity contribution is -0.862. The summed E-state index contributed by atoms with van der Waals surface area (Å²) in [4.78, 5) is 13.5. The van der Waals surface area contributed by atoms with Gasteiger partial charge in [0.15, 0.2) is 0 Å². The van der Waals surface area contributed by atoms with Crippen LogP contribution >= 0.6 is 0 Å². The normalized spacial score (nSPS) is 14.4. The smallest absolute Gasteiger partial charge is 0.374 e. The fraction of sp³-hybridized carbons (Fsp3) is 0.471. The second-order valence-electron chi connectivity index (χ2n) is 6.15. The van der Waals surface area contributed by atoms with Gasteiger partial charge in [0.2, 0.25) is 5.76 Å². The number of rotatable bonds is 5. The molecule has 1 heterocycles. The average molecular weight is 290 g/mol. The molecule has 0 radical (unpaired) electrons. The summed E-state index contributed by atoms with van der Waals surface area (Å²) in [7, 11) is 4.18. The molecule has 21 heavy (non-hydrogen) atoms. The maximum atomic E-state index is 12.2. The molecule has 1 aromatic heterocycles. The van der Waals surface area contributed by atoms with Gasteiger partial charge in [-0.3, -0.25) is 0 Å². The van der Waals surface area contributed by atoms with Crippen molar-refractivity contribution in [3.8, 4) is 0 Å². The number of carbonyl (C=O) groups is 1. The van der Waals surface area contributed by atoms with Crippen LogP contribution in [0.25, 0.3) is 11.0 Å². The van der Waals surface area contributed by atoms with Crippen LogP contribution in [0, 0.1) is 12.8 Å². The number of aryl methyl sites for hydroxylation is 1. The van der Waals surface area contributed by atoms with Crippen LogP contribution in [0.1, 0.15) is 30.0 Å². The Morgan fingerprint density at radius 1 is 1.29 bits per heavy atom. The molecule has 0 aliphatic rings. The molecule has 0 fully saturated rings. The maximum absolute atomic E-state index is 12.2. The molecule has 2 rings (SSSR count). The van der Waals surface area contributed by atoms with Gasteiger partial charge in [0, 0.05) is 11.3 Å². The van der Waals surface area contributed by atoms with E-state index < -0.39 is 5.97 Å². The first-order chi connectivity index (χ1) is 9.86. The van der Waals surface area contributed by atoms with E-state index in [1.807, 2.05) is 32.0 Å². The van der Waals surface area contributed by atoms with Gasteiger partial charge in [-0.2, -0.15) is 0 Å². The number of fused-ring (bicyclic) bond motifs is 1. The Labute approximate surface area is 125 Å². The quantitative estimate of drug-likeness (QED) is 0.857. The Bertz CT molecular complexity index is 630. The number of carbonyl (C=O) groups excluding carboxylic acids is 1. The number of esters is 1. The highest BCUT2D eigenvalue weighted by Gasteiger charge is 2.22. The van der Waals surface area contributed by atoms with E-state index in [0.29, 0.717) is 11.5 Å². The van der Waals surface area contributed by atoms with Gasteiger partial charge >= 0.3 is 5.97 Å². The van der Waals surface area contributed by atoms with Crippen LogP contribution in [-0.2, 0) is 4.74 Å². The summed E-state index contributed by atoms with van der Waals surface area (Å²) in [5.41, 5.74) is 1.85. The summed E-state index contributed by atoms with van der Waals surface area (Å²) in [6, 6.07) is 7.59. The van der Waals surface area contributed by atoms with Crippen molar-refractivity contribution in [3.05, 3.63) is 35.6 Å². The van der Waals surface area contributed by atoms with Crippen molar-refractivity contribution < 1.29 is 18.8 Å². The number of nitrogens with one attached hydrogen (secondary N) is 1. The van der Waals surface area contributed by atoms with E-state index in [0.717, 1.165) is 17.5 Å². The largest absolute Gasteiger partial charge is 0.456 e. The standard InChI is InChI=1S/C17H23NO3/c1-11-6-7-15-14(8-11)9-16(21-15)17(19)20-13(3)12(2)10-18(4)5/h6-9,12-13H,10H2,1-5H3/p+1/t12-,13+/m1/s1. The number of hydrogen-bond acceptors (Lipinski definition) is 3. The van der Waals surface area contributed by atoms with E-state index in [4.69, 9.17) is 9.15 Å². The molecule has 0 saturated carbocycles. The minimum absolute atomic E-state index is 0.137. The van der Waals surface area contributed by atoms with Gasteiger partial charge in [0.05, 0.1) is 20.6 Å². The van der Waals surface area contributed by atoms with Gasteiger partial charge in [0.25, 0.3) is 0 Å². The molecule has 1 aromatic carbocycles.